The zero-order valence-corrected chi connectivity index (χ0v) is 13.3. The number of methoxy groups -OCH3 is 1. The third kappa shape index (κ3) is 3.05. The summed E-state index contributed by atoms with van der Waals surface area (Å²) in [4.78, 5) is 0.173. The number of benzene rings is 1. The molecule has 1 aromatic rings. The Bertz CT molecular complexity index is 578. The Kier molecular flexibility index (Phi) is 4.51. The molecule has 3 N–H and O–H groups in total. The maximum Gasteiger partial charge on any atom is 0.240 e. The fraction of sp³-hybridized carbons (Fsp3) is 0.538. The SMILES string of the molecule is COc1ccc(S(=O)(=O)NCC2(SC)CCC2)cc1N. The molecule has 7 heteroatoms. The van der Waals surface area contributed by atoms with E-state index in [4.69, 9.17) is 10.5 Å². The summed E-state index contributed by atoms with van der Waals surface area (Å²) >= 11 is 1.73. The average molecular weight is 316 g/mol. The first-order valence-electron chi connectivity index (χ1n) is 6.41. The lowest BCUT2D eigenvalue weighted by Crippen LogP contribution is -2.45. The molecule has 0 aromatic heterocycles. The smallest absolute Gasteiger partial charge is 0.240 e. The Labute approximate surface area is 124 Å². The summed E-state index contributed by atoms with van der Waals surface area (Å²) in [6.45, 7) is 0.461. The predicted molar refractivity (Wildman–Crippen MR) is 82.7 cm³/mol. The molecule has 0 saturated heterocycles. The van der Waals surface area contributed by atoms with Gasteiger partial charge in [-0.25, -0.2) is 13.1 Å². The number of hydrogen-bond acceptors (Lipinski definition) is 5. The Hall–Kier alpha value is -0.920. The summed E-state index contributed by atoms with van der Waals surface area (Å²) in [7, 11) is -2.03. The van der Waals surface area contributed by atoms with Crippen molar-refractivity contribution in [2.24, 2.45) is 0 Å². The van der Waals surface area contributed by atoms with Gasteiger partial charge in [-0.15, -0.1) is 0 Å². The second-order valence-corrected chi connectivity index (χ2v) is 8.01. The van der Waals surface area contributed by atoms with Crippen molar-refractivity contribution in [3.05, 3.63) is 18.2 Å². The second kappa shape index (κ2) is 5.83. The van der Waals surface area contributed by atoms with Crippen LogP contribution in [0.15, 0.2) is 23.1 Å². The lowest BCUT2D eigenvalue weighted by atomic mass is 9.84. The van der Waals surface area contributed by atoms with Crippen molar-refractivity contribution in [1.29, 1.82) is 0 Å². The van der Waals surface area contributed by atoms with E-state index in [0.717, 1.165) is 19.3 Å². The minimum atomic E-state index is -3.53. The van der Waals surface area contributed by atoms with E-state index < -0.39 is 10.0 Å². The molecule has 1 aliphatic carbocycles. The molecule has 20 heavy (non-hydrogen) atoms. The predicted octanol–water partition coefficient (Wildman–Crippen LogP) is 1.84. The van der Waals surface area contributed by atoms with Gasteiger partial charge in [0.15, 0.2) is 0 Å². The highest BCUT2D eigenvalue weighted by molar-refractivity contribution is 8.00. The van der Waals surface area contributed by atoms with Crippen molar-refractivity contribution < 1.29 is 13.2 Å². The monoisotopic (exact) mass is 316 g/mol. The van der Waals surface area contributed by atoms with E-state index in [1.165, 1.54) is 19.2 Å². The summed E-state index contributed by atoms with van der Waals surface area (Å²) in [6.07, 6.45) is 5.31. The number of hydrogen-bond donors (Lipinski definition) is 2. The number of anilines is 1. The third-order valence-corrected chi connectivity index (χ3v) is 6.61. The fourth-order valence-electron chi connectivity index (χ4n) is 2.21. The van der Waals surface area contributed by atoms with Crippen molar-refractivity contribution in [3.8, 4) is 5.75 Å². The van der Waals surface area contributed by atoms with Gasteiger partial charge < -0.3 is 10.5 Å². The Morgan fingerprint density at radius 1 is 1.45 bits per heavy atom. The molecule has 0 spiro atoms. The van der Waals surface area contributed by atoms with Gasteiger partial charge in [-0.2, -0.15) is 11.8 Å². The van der Waals surface area contributed by atoms with Gasteiger partial charge >= 0.3 is 0 Å². The number of ether oxygens (including phenoxy) is 1. The van der Waals surface area contributed by atoms with Crippen molar-refractivity contribution in [2.45, 2.75) is 28.9 Å². The quantitative estimate of drug-likeness (QED) is 0.783. The van der Waals surface area contributed by atoms with Gasteiger partial charge in [0.2, 0.25) is 10.0 Å². The van der Waals surface area contributed by atoms with Crippen LogP contribution in [-0.4, -0.2) is 33.1 Å². The Morgan fingerprint density at radius 3 is 2.60 bits per heavy atom. The van der Waals surface area contributed by atoms with Crippen LogP contribution >= 0.6 is 11.8 Å². The van der Waals surface area contributed by atoms with Crippen LogP contribution in [-0.2, 0) is 10.0 Å². The zero-order chi connectivity index (χ0) is 14.8. The molecule has 5 nitrogen and oxygen atoms in total. The van der Waals surface area contributed by atoms with Crippen LogP contribution in [0.25, 0.3) is 0 Å². The van der Waals surface area contributed by atoms with Crippen LogP contribution in [0.2, 0.25) is 0 Å². The molecule has 0 aliphatic heterocycles. The van der Waals surface area contributed by atoms with Crippen molar-refractivity contribution in [2.75, 3.05) is 25.6 Å². The van der Waals surface area contributed by atoms with Gasteiger partial charge in [0, 0.05) is 11.3 Å². The minimum Gasteiger partial charge on any atom is -0.495 e. The molecule has 0 heterocycles. The summed E-state index contributed by atoms with van der Waals surface area (Å²) in [5, 5.41) is 0. The highest BCUT2D eigenvalue weighted by Crippen LogP contribution is 2.42. The molecule has 0 amide bonds. The fourth-order valence-corrected chi connectivity index (χ4v) is 4.38. The lowest BCUT2D eigenvalue weighted by molar-refractivity contribution is 0.362. The minimum absolute atomic E-state index is 0.0606. The molecule has 112 valence electrons. The first-order chi connectivity index (χ1) is 9.42. The van der Waals surface area contributed by atoms with E-state index in [1.54, 1.807) is 17.8 Å². The van der Waals surface area contributed by atoms with Gasteiger partial charge in [-0.1, -0.05) is 6.42 Å². The van der Waals surface area contributed by atoms with E-state index in [0.29, 0.717) is 18.0 Å². The van der Waals surface area contributed by atoms with Crippen molar-refractivity contribution in [3.63, 3.8) is 0 Å². The molecule has 0 radical (unpaired) electrons. The molecule has 1 saturated carbocycles. The number of thioether (sulfide) groups is 1. The highest BCUT2D eigenvalue weighted by atomic mass is 32.2. The number of nitrogen functional groups attached to an aromatic ring is 1. The second-order valence-electron chi connectivity index (χ2n) is 4.97. The molecule has 0 bridgehead atoms. The lowest BCUT2D eigenvalue weighted by Gasteiger charge is -2.40. The van der Waals surface area contributed by atoms with Crippen LogP contribution in [0.5, 0.6) is 5.75 Å². The maximum absolute atomic E-state index is 12.3. The normalized spacial score (nSPS) is 17.5. The number of nitrogens with one attached hydrogen (secondary N) is 1. The molecule has 0 atom stereocenters. The van der Waals surface area contributed by atoms with Gasteiger partial charge in [0.25, 0.3) is 0 Å². The van der Waals surface area contributed by atoms with E-state index in [1.807, 2.05) is 6.26 Å². The Balaban J connectivity index is 2.12. The highest BCUT2D eigenvalue weighted by Gasteiger charge is 2.37. The van der Waals surface area contributed by atoms with Crippen molar-refractivity contribution in [1.82, 2.24) is 4.72 Å². The molecule has 0 unspecified atom stereocenters. The summed E-state index contributed by atoms with van der Waals surface area (Å²) in [6, 6.07) is 4.50. The average Bonchev–Trinajstić information content (AvgIpc) is 2.38. The first-order valence-corrected chi connectivity index (χ1v) is 9.12. The summed E-state index contributed by atoms with van der Waals surface area (Å²) in [5.74, 6) is 0.475. The first kappa shape index (κ1) is 15.5. The standard InChI is InChI=1S/C13H20N2O3S2/c1-18-12-5-4-10(8-11(12)14)20(16,17)15-9-13(19-2)6-3-7-13/h4-5,8,15H,3,6-7,9,14H2,1-2H3. The van der Waals surface area contributed by atoms with Gasteiger partial charge in [0.05, 0.1) is 17.7 Å². The molecular formula is C13H20N2O3S2. The van der Waals surface area contributed by atoms with Gasteiger partial charge in [0.1, 0.15) is 5.75 Å². The molecule has 1 aliphatic rings. The van der Waals surface area contributed by atoms with Crippen LogP contribution in [0.3, 0.4) is 0 Å². The number of nitrogens with two attached hydrogens (primary N) is 1. The molecule has 1 fully saturated rings. The summed E-state index contributed by atoms with van der Waals surface area (Å²) in [5.41, 5.74) is 6.07. The molecular weight excluding hydrogens is 296 g/mol. The van der Waals surface area contributed by atoms with E-state index in [-0.39, 0.29) is 9.64 Å². The molecule has 1 aromatic carbocycles. The van der Waals surface area contributed by atoms with E-state index >= 15 is 0 Å². The maximum atomic E-state index is 12.3. The van der Waals surface area contributed by atoms with Crippen LogP contribution in [0.4, 0.5) is 5.69 Å². The van der Waals surface area contributed by atoms with Crippen LogP contribution in [0.1, 0.15) is 19.3 Å². The number of rotatable bonds is 6. The van der Waals surface area contributed by atoms with E-state index in [2.05, 4.69) is 4.72 Å². The zero-order valence-electron chi connectivity index (χ0n) is 11.7. The van der Waals surface area contributed by atoms with E-state index in [9.17, 15) is 8.42 Å². The summed E-state index contributed by atoms with van der Waals surface area (Å²) < 4.78 is 32.3. The largest absolute Gasteiger partial charge is 0.495 e. The van der Waals surface area contributed by atoms with Crippen molar-refractivity contribution >= 4 is 27.5 Å². The number of sulfonamides is 1. The topological polar surface area (TPSA) is 81.4 Å². The third-order valence-electron chi connectivity index (χ3n) is 3.79. The van der Waals surface area contributed by atoms with Crippen LogP contribution < -0.4 is 15.2 Å². The van der Waals surface area contributed by atoms with Gasteiger partial charge in [-0.3, -0.25) is 0 Å². The molecule has 2 rings (SSSR count). The van der Waals surface area contributed by atoms with Crippen LogP contribution in [0, 0.1) is 0 Å². The Morgan fingerprint density at radius 2 is 2.15 bits per heavy atom. The van der Waals surface area contributed by atoms with Gasteiger partial charge in [-0.05, 0) is 37.3 Å².